The summed E-state index contributed by atoms with van der Waals surface area (Å²) < 4.78 is 0. The van der Waals surface area contributed by atoms with Crippen molar-refractivity contribution in [2.45, 2.75) is 32.6 Å². The standard InChI is InChI=1S/C21H24N4O3/c1-15(26)23-18-6-8-19(9-7-18)24-20(27)16-12-17(14-22-13-16)21(28)25-10-4-2-3-5-11-25/h6-9,12-14H,2-5,10-11H2,1H3,(H,23,26)(H,24,27). The van der Waals surface area contributed by atoms with Gasteiger partial charge in [0.25, 0.3) is 11.8 Å². The van der Waals surface area contributed by atoms with E-state index in [1.165, 1.54) is 19.3 Å². The van der Waals surface area contributed by atoms with Crippen molar-refractivity contribution in [1.82, 2.24) is 9.88 Å². The zero-order valence-electron chi connectivity index (χ0n) is 15.9. The molecular weight excluding hydrogens is 356 g/mol. The van der Waals surface area contributed by atoms with Gasteiger partial charge in [-0.3, -0.25) is 19.4 Å². The minimum atomic E-state index is -0.342. The Labute approximate surface area is 164 Å². The highest BCUT2D eigenvalue weighted by Gasteiger charge is 2.19. The third-order valence-electron chi connectivity index (χ3n) is 4.60. The van der Waals surface area contributed by atoms with E-state index in [0.29, 0.717) is 22.5 Å². The predicted octanol–water partition coefficient (Wildman–Crippen LogP) is 3.31. The van der Waals surface area contributed by atoms with E-state index in [1.807, 2.05) is 4.90 Å². The molecule has 7 nitrogen and oxygen atoms in total. The van der Waals surface area contributed by atoms with Crippen molar-refractivity contribution >= 4 is 29.1 Å². The highest BCUT2D eigenvalue weighted by Crippen LogP contribution is 2.16. The lowest BCUT2D eigenvalue weighted by molar-refractivity contribution is -0.114. The quantitative estimate of drug-likeness (QED) is 0.851. The molecule has 2 N–H and O–H groups in total. The molecule has 0 unspecified atom stereocenters. The molecule has 2 aromatic rings. The van der Waals surface area contributed by atoms with Crippen molar-refractivity contribution < 1.29 is 14.4 Å². The highest BCUT2D eigenvalue weighted by atomic mass is 16.2. The van der Waals surface area contributed by atoms with Crippen LogP contribution in [0.2, 0.25) is 0 Å². The van der Waals surface area contributed by atoms with Crippen LogP contribution in [-0.4, -0.2) is 40.7 Å². The fourth-order valence-corrected chi connectivity index (χ4v) is 3.18. The van der Waals surface area contributed by atoms with Gasteiger partial charge in [-0.2, -0.15) is 0 Å². The number of hydrogen-bond acceptors (Lipinski definition) is 4. The van der Waals surface area contributed by atoms with Crippen LogP contribution in [0.1, 0.15) is 53.3 Å². The maximum atomic E-state index is 12.7. The molecule has 28 heavy (non-hydrogen) atoms. The molecule has 146 valence electrons. The van der Waals surface area contributed by atoms with Gasteiger partial charge in [0, 0.05) is 43.8 Å². The van der Waals surface area contributed by atoms with E-state index in [2.05, 4.69) is 15.6 Å². The normalized spacial score (nSPS) is 14.1. The van der Waals surface area contributed by atoms with Crippen LogP contribution < -0.4 is 10.6 Å². The Morgan fingerprint density at radius 3 is 2.04 bits per heavy atom. The Hall–Kier alpha value is -3.22. The molecule has 7 heteroatoms. The Morgan fingerprint density at radius 2 is 1.43 bits per heavy atom. The van der Waals surface area contributed by atoms with Crippen LogP contribution in [0.15, 0.2) is 42.7 Å². The van der Waals surface area contributed by atoms with Gasteiger partial charge in [0.05, 0.1) is 11.1 Å². The van der Waals surface area contributed by atoms with E-state index >= 15 is 0 Å². The number of anilines is 2. The van der Waals surface area contributed by atoms with Crippen LogP contribution >= 0.6 is 0 Å². The molecule has 0 aliphatic carbocycles. The second-order valence-corrected chi connectivity index (χ2v) is 6.88. The maximum absolute atomic E-state index is 12.7. The minimum absolute atomic E-state index is 0.0799. The molecule has 0 bridgehead atoms. The summed E-state index contributed by atoms with van der Waals surface area (Å²) in [6, 6.07) is 8.38. The first-order valence-electron chi connectivity index (χ1n) is 9.46. The molecule has 0 atom stereocenters. The molecule has 0 radical (unpaired) electrons. The molecule has 1 aliphatic heterocycles. The van der Waals surface area contributed by atoms with Crippen LogP contribution in [0.25, 0.3) is 0 Å². The van der Waals surface area contributed by atoms with E-state index in [4.69, 9.17) is 0 Å². The Balaban J connectivity index is 1.68. The minimum Gasteiger partial charge on any atom is -0.339 e. The van der Waals surface area contributed by atoms with Gasteiger partial charge in [0.1, 0.15) is 0 Å². The zero-order valence-corrected chi connectivity index (χ0v) is 15.9. The molecule has 0 spiro atoms. The van der Waals surface area contributed by atoms with E-state index in [-0.39, 0.29) is 17.7 Å². The molecule has 1 aromatic heterocycles. The van der Waals surface area contributed by atoms with Crippen molar-refractivity contribution in [3.8, 4) is 0 Å². The van der Waals surface area contributed by atoms with Gasteiger partial charge >= 0.3 is 0 Å². The number of rotatable bonds is 4. The number of benzene rings is 1. The molecule has 1 aliphatic rings. The largest absolute Gasteiger partial charge is 0.339 e. The number of carbonyl (C=O) groups is 3. The van der Waals surface area contributed by atoms with Gasteiger partial charge < -0.3 is 15.5 Å². The van der Waals surface area contributed by atoms with Crippen LogP contribution in [0.3, 0.4) is 0 Å². The number of amides is 3. The summed E-state index contributed by atoms with van der Waals surface area (Å²) in [5, 5.41) is 5.45. The third-order valence-corrected chi connectivity index (χ3v) is 4.60. The number of hydrogen-bond donors (Lipinski definition) is 2. The number of carbonyl (C=O) groups excluding carboxylic acids is 3. The predicted molar refractivity (Wildman–Crippen MR) is 107 cm³/mol. The van der Waals surface area contributed by atoms with Gasteiger partial charge in [-0.1, -0.05) is 12.8 Å². The zero-order chi connectivity index (χ0) is 19.9. The fourth-order valence-electron chi connectivity index (χ4n) is 3.18. The van der Waals surface area contributed by atoms with Gasteiger partial charge in [-0.15, -0.1) is 0 Å². The van der Waals surface area contributed by atoms with Gasteiger partial charge in [0.2, 0.25) is 5.91 Å². The SMILES string of the molecule is CC(=O)Nc1ccc(NC(=O)c2cncc(C(=O)N3CCCCCC3)c2)cc1. The molecule has 1 fully saturated rings. The first-order valence-corrected chi connectivity index (χ1v) is 9.46. The lowest BCUT2D eigenvalue weighted by atomic mass is 10.1. The van der Waals surface area contributed by atoms with Crippen LogP contribution in [0, 0.1) is 0 Å². The van der Waals surface area contributed by atoms with E-state index in [9.17, 15) is 14.4 Å². The lowest BCUT2D eigenvalue weighted by Gasteiger charge is -2.20. The molecule has 3 rings (SSSR count). The highest BCUT2D eigenvalue weighted by molar-refractivity contribution is 6.06. The Bertz CT molecular complexity index is 856. The average molecular weight is 380 g/mol. The summed E-state index contributed by atoms with van der Waals surface area (Å²) in [5.74, 6) is -0.581. The van der Waals surface area contributed by atoms with Crippen molar-refractivity contribution in [1.29, 1.82) is 0 Å². The van der Waals surface area contributed by atoms with E-state index < -0.39 is 0 Å². The maximum Gasteiger partial charge on any atom is 0.257 e. The van der Waals surface area contributed by atoms with Crippen LogP contribution in [0.5, 0.6) is 0 Å². The Morgan fingerprint density at radius 1 is 0.857 bits per heavy atom. The smallest absolute Gasteiger partial charge is 0.257 e. The first kappa shape index (κ1) is 19.5. The molecule has 3 amide bonds. The van der Waals surface area contributed by atoms with E-state index in [0.717, 1.165) is 38.8 Å². The number of likely N-dealkylation sites (tertiary alicyclic amines) is 1. The number of pyridine rings is 1. The summed E-state index contributed by atoms with van der Waals surface area (Å²) in [5.41, 5.74) is 1.99. The molecular formula is C21H24N4O3. The van der Waals surface area contributed by atoms with Crippen molar-refractivity contribution in [2.24, 2.45) is 0 Å². The van der Waals surface area contributed by atoms with Gasteiger partial charge in [-0.05, 0) is 43.2 Å². The molecule has 1 aromatic carbocycles. The Kier molecular flexibility index (Phi) is 6.37. The van der Waals surface area contributed by atoms with Gasteiger partial charge in [-0.25, -0.2) is 0 Å². The molecule has 1 saturated heterocycles. The average Bonchev–Trinajstić information content (AvgIpc) is 2.98. The number of aromatic nitrogens is 1. The summed E-state index contributed by atoms with van der Waals surface area (Å²) >= 11 is 0. The second-order valence-electron chi connectivity index (χ2n) is 6.88. The third kappa shape index (κ3) is 5.16. The number of nitrogens with one attached hydrogen (secondary N) is 2. The monoisotopic (exact) mass is 380 g/mol. The fraction of sp³-hybridized carbons (Fsp3) is 0.333. The summed E-state index contributed by atoms with van der Waals surface area (Å²) in [6.07, 6.45) is 7.25. The van der Waals surface area contributed by atoms with Crippen LogP contribution in [-0.2, 0) is 4.79 Å². The number of nitrogens with zero attached hydrogens (tertiary/aromatic N) is 2. The summed E-state index contributed by atoms with van der Waals surface area (Å²) in [7, 11) is 0. The summed E-state index contributed by atoms with van der Waals surface area (Å²) in [6.45, 7) is 2.93. The lowest BCUT2D eigenvalue weighted by Crippen LogP contribution is -2.32. The van der Waals surface area contributed by atoms with Crippen molar-refractivity contribution in [3.63, 3.8) is 0 Å². The topological polar surface area (TPSA) is 91.4 Å². The van der Waals surface area contributed by atoms with E-state index in [1.54, 1.807) is 30.3 Å². The molecule has 0 saturated carbocycles. The molecule has 2 heterocycles. The second kappa shape index (κ2) is 9.12. The van der Waals surface area contributed by atoms with Crippen LogP contribution in [0.4, 0.5) is 11.4 Å². The van der Waals surface area contributed by atoms with Crippen molar-refractivity contribution in [2.75, 3.05) is 23.7 Å². The summed E-state index contributed by atoms with van der Waals surface area (Å²) in [4.78, 5) is 42.2. The van der Waals surface area contributed by atoms with Gasteiger partial charge in [0.15, 0.2) is 0 Å². The van der Waals surface area contributed by atoms with Crippen molar-refractivity contribution in [3.05, 3.63) is 53.9 Å². The first-order chi connectivity index (χ1) is 13.5.